The standard InChI is InChI=1S/C38H51N7O4/c1-3-34(46)41-32(38(49)45-21-19-44(20-22-45)26-29-11-7-6-8-12-29)23-27-15-17-28(18-16-27)25-40-37(48)35(30-13-9-4-5-10-14-30)31-24-33(36(39)47)43(2)42-31/h6-8,11-12,15-18,24,30,32,35H,3-5,9-10,13-14,19-23,25-26H2,1-2H3,(H2,39,47)(H,40,48)(H,41,46)/t32-,35+/m1/s1. The van der Waals surface area contributed by atoms with Gasteiger partial charge in [-0.1, -0.05) is 87.2 Å². The fourth-order valence-corrected chi connectivity index (χ4v) is 7.12. The van der Waals surface area contributed by atoms with Crippen LogP contribution in [0.4, 0.5) is 0 Å². The summed E-state index contributed by atoms with van der Waals surface area (Å²) in [6.07, 6.45) is 7.01. The second-order valence-corrected chi connectivity index (χ2v) is 13.5. The van der Waals surface area contributed by atoms with Crippen LogP contribution in [0.2, 0.25) is 0 Å². The summed E-state index contributed by atoms with van der Waals surface area (Å²) < 4.78 is 1.46. The minimum Gasteiger partial charge on any atom is -0.364 e. The number of amides is 4. The first-order chi connectivity index (χ1) is 23.7. The largest absolute Gasteiger partial charge is 0.364 e. The summed E-state index contributed by atoms with van der Waals surface area (Å²) in [5.74, 6) is -1.22. The third-order valence-electron chi connectivity index (χ3n) is 9.94. The molecule has 1 saturated heterocycles. The molecule has 4 amide bonds. The van der Waals surface area contributed by atoms with Gasteiger partial charge in [-0.25, -0.2) is 0 Å². The number of nitrogens with two attached hydrogens (primary N) is 1. The number of primary amides is 1. The SMILES string of the molecule is CCC(=O)N[C@H](Cc1ccc(CNC(=O)[C@H](c2cc(C(N)=O)n(C)n2)C2CCCCCC2)cc1)C(=O)N1CCN(Cc2ccccc2)CC1. The zero-order valence-electron chi connectivity index (χ0n) is 28.9. The van der Waals surface area contributed by atoms with Crippen LogP contribution in [-0.4, -0.2) is 75.4 Å². The van der Waals surface area contributed by atoms with Crippen molar-refractivity contribution in [2.45, 2.75) is 83.3 Å². The fourth-order valence-electron chi connectivity index (χ4n) is 7.12. The van der Waals surface area contributed by atoms with Crippen LogP contribution >= 0.6 is 0 Å². The van der Waals surface area contributed by atoms with E-state index in [1.54, 1.807) is 20.0 Å². The van der Waals surface area contributed by atoms with Gasteiger partial charge in [-0.15, -0.1) is 0 Å². The molecule has 0 radical (unpaired) electrons. The van der Waals surface area contributed by atoms with Crippen LogP contribution in [0, 0.1) is 5.92 Å². The van der Waals surface area contributed by atoms with Gasteiger partial charge >= 0.3 is 0 Å². The summed E-state index contributed by atoms with van der Waals surface area (Å²) in [4.78, 5) is 56.0. The van der Waals surface area contributed by atoms with Crippen LogP contribution in [0.1, 0.15) is 90.7 Å². The summed E-state index contributed by atoms with van der Waals surface area (Å²) in [7, 11) is 1.67. The highest BCUT2D eigenvalue weighted by Crippen LogP contribution is 2.35. The van der Waals surface area contributed by atoms with Crippen molar-refractivity contribution >= 4 is 23.6 Å². The van der Waals surface area contributed by atoms with Crippen molar-refractivity contribution in [2.24, 2.45) is 18.7 Å². The zero-order chi connectivity index (χ0) is 34.8. The van der Waals surface area contributed by atoms with Crippen molar-refractivity contribution in [3.8, 4) is 0 Å². The number of rotatable bonds is 13. The van der Waals surface area contributed by atoms with Gasteiger partial charge in [-0.05, 0) is 41.5 Å². The fraction of sp³-hybridized carbons (Fsp3) is 0.500. The Kier molecular flexibility index (Phi) is 12.6. The lowest BCUT2D eigenvalue weighted by Crippen LogP contribution is -2.55. The van der Waals surface area contributed by atoms with Crippen molar-refractivity contribution in [1.82, 2.24) is 30.2 Å². The highest BCUT2D eigenvalue weighted by Gasteiger charge is 2.33. The van der Waals surface area contributed by atoms with E-state index in [4.69, 9.17) is 5.73 Å². The number of carbonyl (C=O) groups is 4. The molecular weight excluding hydrogens is 618 g/mol. The zero-order valence-corrected chi connectivity index (χ0v) is 28.9. The van der Waals surface area contributed by atoms with Crippen LogP contribution in [0.15, 0.2) is 60.7 Å². The molecule has 2 heterocycles. The maximum atomic E-state index is 13.7. The number of carbonyl (C=O) groups excluding carboxylic acids is 4. The van der Waals surface area contributed by atoms with Gasteiger partial charge in [0.25, 0.3) is 5.91 Å². The lowest BCUT2D eigenvalue weighted by molar-refractivity contribution is -0.138. The van der Waals surface area contributed by atoms with Crippen molar-refractivity contribution in [3.05, 3.63) is 88.7 Å². The predicted molar refractivity (Wildman–Crippen MR) is 188 cm³/mol. The normalized spacial score (nSPS) is 17.1. The van der Waals surface area contributed by atoms with E-state index in [0.717, 1.165) is 69.3 Å². The summed E-state index contributed by atoms with van der Waals surface area (Å²) in [5.41, 5.74) is 9.53. The Morgan fingerprint density at radius 3 is 2.14 bits per heavy atom. The van der Waals surface area contributed by atoms with Crippen molar-refractivity contribution < 1.29 is 19.2 Å². The number of piperazine rings is 1. The molecule has 262 valence electrons. The molecule has 3 aromatic rings. The third kappa shape index (κ3) is 9.78. The number of benzene rings is 2. The maximum Gasteiger partial charge on any atom is 0.266 e. The number of aryl methyl sites for hydroxylation is 1. The Morgan fingerprint density at radius 2 is 1.53 bits per heavy atom. The molecule has 11 heteroatoms. The topological polar surface area (TPSA) is 143 Å². The average molecular weight is 670 g/mol. The van der Waals surface area contributed by atoms with Crippen LogP contribution in [0.3, 0.4) is 0 Å². The lowest BCUT2D eigenvalue weighted by atomic mass is 9.83. The minimum absolute atomic E-state index is 0.0592. The predicted octanol–water partition coefficient (Wildman–Crippen LogP) is 3.67. The van der Waals surface area contributed by atoms with E-state index in [1.807, 2.05) is 47.4 Å². The highest BCUT2D eigenvalue weighted by molar-refractivity contribution is 5.92. The van der Waals surface area contributed by atoms with Gasteiger partial charge in [0.1, 0.15) is 11.7 Å². The first kappa shape index (κ1) is 35.8. The first-order valence-electron chi connectivity index (χ1n) is 17.8. The lowest BCUT2D eigenvalue weighted by Gasteiger charge is -2.36. The maximum absolute atomic E-state index is 13.7. The monoisotopic (exact) mass is 669 g/mol. The van der Waals surface area contributed by atoms with Crippen molar-refractivity contribution in [3.63, 3.8) is 0 Å². The van der Waals surface area contributed by atoms with E-state index >= 15 is 0 Å². The second-order valence-electron chi connectivity index (χ2n) is 13.5. The molecule has 1 saturated carbocycles. The summed E-state index contributed by atoms with van der Waals surface area (Å²) >= 11 is 0. The van der Waals surface area contributed by atoms with Crippen LogP contribution in [0.5, 0.6) is 0 Å². The summed E-state index contributed by atoms with van der Waals surface area (Å²) in [5, 5.41) is 10.6. The van der Waals surface area contributed by atoms with Gasteiger partial charge < -0.3 is 21.3 Å². The summed E-state index contributed by atoms with van der Waals surface area (Å²) in [6, 6.07) is 19.2. The molecule has 0 bridgehead atoms. The van der Waals surface area contributed by atoms with E-state index in [2.05, 4.69) is 32.8 Å². The molecule has 2 aliphatic rings. The van der Waals surface area contributed by atoms with Crippen molar-refractivity contribution in [1.29, 1.82) is 0 Å². The minimum atomic E-state index is -0.650. The van der Waals surface area contributed by atoms with Gasteiger partial charge in [0.15, 0.2) is 0 Å². The second kappa shape index (κ2) is 17.2. The number of nitrogens with zero attached hydrogens (tertiary/aromatic N) is 4. The Bertz CT molecular complexity index is 1560. The van der Waals surface area contributed by atoms with Crippen molar-refractivity contribution in [2.75, 3.05) is 26.2 Å². The molecule has 4 N–H and O–H groups in total. The van der Waals surface area contributed by atoms with Gasteiger partial charge in [0, 0.05) is 59.2 Å². The quantitative estimate of drug-likeness (QED) is 0.237. The molecule has 49 heavy (non-hydrogen) atoms. The van der Waals surface area contributed by atoms with Crippen LogP contribution in [-0.2, 0) is 40.9 Å². The van der Waals surface area contributed by atoms with E-state index in [0.29, 0.717) is 38.2 Å². The van der Waals surface area contributed by atoms with E-state index in [-0.39, 0.29) is 29.3 Å². The molecule has 1 aromatic heterocycles. The summed E-state index contributed by atoms with van der Waals surface area (Å²) in [6.45, 7) is 5.77. The Balaban J connectivity index is 1.20. The molecule has 0 spiro atoms. The Hall–Kier alpha value is -4.51. The smallest absolute Gasteiger partial charge is 0.266 e. The molecule has 2 fully saturated rings. The van der Waals surface area contributed by atoms with Crippen LogP contribution < -0.4 is 16.4 Å². The molecule has 1 aliphatic heterocycles. The first-order valence-corrected chi connectivity index (χ1v) is 17.8. The molecule has 2 aromatic carbocycles. The molecule has 1 aliphatic carbocycles. The molecule has 5 rings (SSSR count). The van der Waals surface area contributed by atoms with Crippen LogP contribution in [0.25, 0.3) is 0 Å². The molecule has 0 unspecified atom stereocenters. The van der Waals surface area contributed by atoms with Gasteiger partial charge in [0.05, 0.1) is 11.6 Å². The Morgan fingerprint density at radius 1 is 0.878 bits per heavy atom. The molecular formula is C38H51N7O4. The van der Waals surface area contributed by atoms with E-state index < -0.39 is 17.9 Å². The number of hydrogen-bond acceptors (Lipinski definition) is 6. The molecule has 2 atom stereocenters. The van der Waals surface area contributed by atoms with Gasteiger partial charge in [-0.2, -0.15) is 5.10 Å². The van der Waals surface area contributed by atoms with E-state index in [1.165, 1.54) is 10.2 Å². The average Bonchev–Trinajstić information content (AvgIpc) is 3.30. The highest BCUT2D eigenvalue weighted by atomic mass is 16.2. The third-order valence-corrected chi connectivity index (χ3v) is 9.94. The van der Waals surface area contributed by atoms with Gasteiger partial charge in [0.2, 0.25) is 17.7 Å². The van der Waals surface area contributed by atoms with E-state index in [9.17, 15) is 19.2 Å². The number of hydrogen-bond donors (Lipinski definition) is 3. The number of aromatic nitrogens is 2. The number of nitrogens with one attached hydrogen (secondary N) is 2. The Labute approximate surface area is 289 Å². The molecule has 11 nitrogen and oxygen atoms in total. The van der Waals surface area contributed by atoms with Gasteiger partial charge in [-0.3, -0.25) is 28.8 Å².